The highest BCUT2D eigenvalue weighted by Gasteiger charge is 1.77. The number of hydrogen-bond donors (Lipinski definition) is 0. The maximum absolute atomic E-state index is 2.18. The molecule has 0 spiro atoms. The Morgan fingerprint density at radius 1 is 1.10 bits per heavy atom. The highest BCUT2D eigenvalue weighted by atomic mass is 28.1. The van der Waals surface area contributed by atoms with E-state index < -0.39 is 0 Å². The lowest BCUT2D eigenvalue weighted by Crippen LogP contribution is -1.66. The molecule has 0 saturated carbocycles. The molecule has 0 bridgehead atoms. The Labute approximate surface area is 64.1 Å². The van der Waals surface area contributed by atoms with Crippen LogP contribution < -0.4 is 0 Å². The van der Waals surface area contributed by atoms with Crippen LogP contribution in [0.1, 0.15) is 5.56 Å². The Balaban J connectivity index is 0.000000810. The Bertz CT molecular complexity index is 194. The van der Waals surface area contributed by atoms with Crippen LogP contribution in [-0.2, 0) is 0 Å². The van der Waals surface area contributed by atoms with Crippen molar-refractivity contribution in [2.75, 3.05) is 0 Å². The molecule has 1 aromatic carbocycles. The van der Waals surface area contributed by atoms with E-state index >= 15 is 0 Å². The third kappa shape index (κ3) is 2.62. The second kappa shape index (κ2) is 4.96. The predicted octanol–water partition coefficient (Wildman–Crippen LogP) is 0.198. The highest BCUT2D eigenvalue weighted by Crippen LogP contribution is 1.98. The molecule has 1 rings (SSSR count). The Hall–Kier alpha value is -0.863. The second-order valence-corrected chi connectivity index (χ2v) is 2.58. The third-order valence-electron chi connectivity index (χ3n) is 1.16. The lowest BCUT2D eigenvalue weighted by atomic mass is 10.2. The van der Waals surface area contributed by atoms with Gasteiger partial charge in [-0.15, -0.1) is 5.70 Å². The first kappa shape index (κ1) is 9.14. The van der Waals surface area contributed by atoms with Crippen LogP contribution in [-0.4, -0.2) is 15.7 Å². The van der Waals surface area contributed by atoms with Gasteiger partial charge in [-0.1, -0.05) is 36.4 Å². The van der Waals surface area contributed by atoms with Gasteiger partial charge in [-0.2, -0.15) is 0 Å². The maximum Gasteiger partial charge on any atom is 0.0291 e. The van der Waals surface area contributed by atoms with Crippen LogP contribution in [0.3, 0.4) is 0 Å². The lowest BCUT2D eigenvalue weighted by Gasteiger charge is -1.87. The zero-order valence-electron chi connectivity index (χ0n) is 6.04. The number of benzene rings is 1. The van der Waals surface area contributed by atoms with Crippen LogP contribution >= 0.6 is 0 Å². The van der Waals surface area contributed by atoms with Crippen LogP contribution in [0.2, 0.25) is 0 Å². The standard InChI is InChI=1S/C8H10Si.H2O/c9-7-6-8-4-2-1-3-5-8;/h1-7H,9H3;1H2. The minimum Gasteiger partial charge on any atom is -0.412 e. The van der Waals surface area contributed by atoms with Crippen molar-refractivity contribution in [1.82, 2.24) is 0 Å². The van der Waals surface area contributed by atoms with Crippen molar-refractivity contribution in [3.05, 3.63) is 41.6 Å². The normalized spacial score (nSPS) is 9.60. The molecule has 54 valence electrons. The molecule has 0 aliphatic heterocycles. The Morgan fingerprint density at radius 3 is 2.20 bits per heavy atom. The van der Waals surface area contributed by atoms with Gasteiger partial charge in [0, 0.05) is 10.2 Å². The van der Waals surface area contributed by atoms with Gasteiger partial charge >= 0.3 is 0 Å². The molecule has 0 aliphatic rings. The lowest BCUT2D eigenvalue weighted by molar-refractivity contribution is 0.824. The first-order valence-electron chi connectivity index (χ1n) is 3.11. The van der Waals surface area contributed by atoms with E-state index in [0.29, 0.717) is 0 Å². The summed E-state index contributed by atoms with van der Waals surface area (Å²) in [4.78, 5) is 0. The van der Waals surface area contributed by atoms with E-state index in [2.05, 4.69) is 36.0 Å². The molecule has 0 saturated heterocycles. The van der Waals surface area contributed by atoms with Gasteiger partial charge in [-0.25, -0.2) is 0 Å². The molecule has 0 unspecified atom stereocenters. The molecule has 0 heterocycles. The van der Waals surface area contributed by atoms with Gasteiger partial charge in [-0.05, 0) is 5.56 Å². The van der Waals surface area contributed by atoms with E-state index in [9.17, 15) is 0 Å². The molecule has 0 aromatic heterocycles. The second-order valence-electron chi connectivity index (χ2n) is 1.91. The van der Waals surface area contributed by atoms with Gasteiger partial charge in [0.1, 0.15) is 0 Å². The molecular formula is C8H12OSi. The molecule has 0 amide bonds. The molecule has 2 heteroatoms. The summed E-state index contributed by atoms with van der Waals surface area (Å²) >= 11 is 0. The summed E-state index contributed by atoms with van der Waals surface area (Å²) in [5.41, 5.74) is 3.47. The maximum atomic E-state index is 2.18. The molecule has 1 aromatic rings. The molecule has 1 nitrogen and oxygen atoms in total. The zero-order valence-corrected chi connectivity index (χ0v) is 8.04. The SMILES string of the molecule is O.[SiH3]C=Cc1ccccc1. The van der Waals surface area contributed by atoms with E-state index in [1.54, 1.807) is 0 Å². The molecule has 0 radical (unpaired) electrons. The van der Waals surface area contributed by atoms with E-state index in [4.69, 9.17) is 0 Å². The topological polar surface area (TPSA) is 31.5 Å². The van der Waals surface area contributed by atoms with Gasteiger partial charge in [-0.3, -0.25) is 0 Å². The highest BCUT2D eigenvalue weighted by molar-refractivity contribution is 6.19. The summed E-state index contributed by atoms with van der Waals surface area (Å²) in [6.07, 6.45) is 2.15. The monoisotopic (exact) mass is 152 g/mol. The van der Waals surface area contributed by atoms with Crippen molar-refractivity contribution in [3.8, 4) is 0 Å². The van der Waals surface area contributed by atoms with Gasteiger partial charge in [0.05, 0.1) is 0 Å². The first-order chi connectivity index (χ1) is 4.43. The first-order valence-corrected chi connectivity index (χ1v) is 4.26. The minimum absolute atomic E-state index is 0. The van der Waals surface area contributed by atoms with Gasteiger partial charge in [0.15, 0.2) is 0 Å². The summed E-state index contributed by atoms with van der Waals surface area (Å²) in [5, 5.41) is 0. The summed E-state index contributed by atoms with van der Waals surface area (Å²) in [6.45, 7) is 0. The molecule has 0 aliphatic carbocycles. The zero-order chi connectivity index (χ0) is 6.53. The molecule has 0 atom stereocenters. The minimum atomic E-state index is 0. The molecule has 2 N–H and O–H groups in total. The summed E-state index contributed by atoms with van der Waals surface area (Å²) in [5.74, 6) is 0. The Kier molecular flexibility index (Phi) is 4.54. The molecule has 10 heavy (non-hydrogen) atoms. The van der Waals surface area contributed by atoms with Crippen LogP contribution in [0.15, 0.2) is 36.0 Å². The number of rotatable bonds is 1. The van der Waals surface area contributed by atoms with Crippen LogP contribution in [0.4, 0.5) is 0 Å². The van der Waals surface area contributed by atoms with Crippen molar-refractivity contribution in [2.24, 2.45) is 0 Å². The van der Waals surface area contributed by atoms with Crippen LogP contribution in [0.25, 0.3) is 6.08 Å². The average molecular weight is 152 g/mol. The van der Waals surface area contributed by atoms with E-state index in [1.165, 1.54) is 5.56 Å². The van der Waals surface area contributed by atoms with Crippen molar-refractivity contribution in [2.45, 2.75) is 0 Å². The fraction of sp³-hybridized carbons (Fsp3) is 0. The molecule has 0 fully saturated rings. The van der Waals surface area contributed by atoms with Gasteiger partial charge < -0.3 is 5.48 Å². The van der Waals surface area contributed by atoms with E-state index in [0.717, 1.165) is 10.2 Å². The van der Waals surface area contributed by atoms with Crippen molar-refractivity contribution >= 4 is 16.3 Å². The molecular weight excluding hydrogens is 140 g/mol. The van der Waals surface area contributed by atoms with E-state index in [-0.39, 0.29) is 5.48 Å². The smallest absolute Gasteiger partial charge is 0.0291 e. The third-order valence-corrected chi connectivity index (χ3v) is 1.49. The van der Waals surface area contributed by atoms with Crippen LogP contribution in [0, 0.1) is 0 Å². The largest absolute Gasteiger partial charge is 0.412 e. The average Bonchev–Trinajstić information content (AvgIpc) is 1.91. The van der Waals surface area contributed by atoms with Crippen molar-refractivity contribution in [3.63, 3.8) is 0 Å². The fourth-order valence-electron chi connectivity index (χ4n) is 0.757. The predicted molar refractivity (Wildman–Crippen MR) is 49.0 cm³/mol. The van der Waals surface area contributed by atoms with Crippen LogP contribution in [0.5, 0.6) is 0 Å². The van der Waals surface area contributed by atoms with Crippen molar-refractivity contribution < 1.29 is 5.48 Å². The van der Waals surface area contributed by atoms with E-state index in [1.807, 2.05) is 6.07 Å². The summed E-state index contributed by atoms with van der Waals surface area (Å²) in [7, 11) is 1.14. The summed E-state index contributed by atoms with van der Waals surface area (Å²) < 4.78 is 0. The van der Waals surface area contributed by atoms with Gasteiger partial charge in [0.25, 0.3) is 0 Å². The summed E-state index contributed by atoms with van der Waals surface area (Å²) in [6, 6.07) is 10.3. The van der Waals surface area contributed by atoms with Crippen molar-refractivity contribution in [1.29, 1.82) is 0 Å². The fourth-order valence-corrected chi connectivity index (χ4v) is 1.14. The Morgan fingerprint density at radius 2 is 1.70 bits per heavy atom. The van der Waals surface area contributed by atoms with Gasteiger partial charge in [0.2, 0.25) is 0 Å². The quantitative estimate of drug-likeness (QED) is 0.515. The number of hydrogen-bond acceptors (Lipinski definition) is 0.